The second kappa shape index (κ2) is 6.53. The molecule has 0 spiro atoms. The van der Waals surface area contributed by atoms with E-state index in [4.69, 9.17) is 9.72 Å². The van der Waals surface area contributed by atoms with Crippen LogP contribution in [0, 0.1) is 5.82 Å². The van der Waals surface area contributed by atoms with Gasteiger partial charge < -0.3 is 15.0 Å². The van der Waals surface area contributed by atoms with Gasteiger partial charge in [0.2, 0.25) is 0 Å². The molecule has 1 aliphatic carbocycles. The fourth-order valence-corrected chi connectivity index (χ4v) is 3.49. The highest BCUT2D eigenvalue weighted by Gasteiger charge is 2.26. The molecule has 2 heterocycles. The fraction of sp³-hybridized carbons (Fsp3) is 0.300. The van der Waals surface area contributed by atoms with Crippen LogP contribution in [0.25, 0.3) is 22.0 Å². The van der Waals surface area contributed by atoms with Gasteiger partial charge in [0.25, 0.3) is 0 Å². The minimum atomic E-state index is -0.375. The molecule has 0 amide bonds. The molecule has 0 fully saturated rings. The van der Waals surface area contributed by atoms with Crippen LogP contribution in [0.4, 0.5) is 10.2 Å². The normalized spacial score (nSPS) is 12.3. The SMILES string of the molecule is COc1cc2nc(NCCN(C)C)c3c(c2cc1F)-c1ccncc1C3. The Bertz CT molecular complexity index is 987. The van der Waals surface area contributed by atoms with Gasteiger partial charge in [0.1, 0.15) is 5.82 Å². The molecule has 0 saturated heterocycles. The van der Waals surface area contributed by atoms with E-state index in [1.807, 2.05) is 26.4 Å². The summed E-state index contributed by atoms with van der Waals surface area (Å²) in [6.07, 6.45) is 4.41. The summed E-state index contributed by atoms with van der Waals surface area (Å²) in [4.78, 5) is 11.1. The van der Waals surface area contributed by atoms with E-state index in [2.05, 4.69) is 15.2 Å². The van der Waals surface area contributed by atoms with E-state index in [9.17, 15) is 4.39 Å². The summed E-state index contributed by atoms with van der Waals surface area (Å²) < 4.78 is 19.5. The number of ether oxygens (including phenoxy) is 1. The average Bonchev–Trinajstić information content (AvgIpc) is 3.01. The summed E-state index contributed by atoms with van der Waals surface area (Å²) in [6.45, 7) is 1.68. The van der Waals surface area contributed by atoms with Crippen molar-refractivity contribution in [3.8, 4) is 16.9 Å². The van der Waals surface area contributed by atoms with Crippen LogP contribution in [-0.2, 0) is 6.42 Å². The van der Waals surface area contributed by atoms with Crippen LogP contribution in [0.3, 0.4) is 0 Å². The highest BCUT2D eigenvalue weighted by atomic mass is 19.1. The summed E-state index contributed by atoms with van der Waals surface area (Å²) in [6, 6.07) is 5.19. The minimum absolute atomic E-state index is 0.206. The third-order valence-electron chi connectivity index (χ3n) is 4.75. The van der Waals surface area contributed by atoms with E-state index in [1.54, 1.807) is 12.3 Å². The lowest BCUT2D eigenvalue weighted by Gasteiger charge is -2.16. The highest BCUT2D eigenvalue weighted by molar-refractivity contribution is 6.02. The fourth-order valence-electron chi connectivity index (χ4n) is 3.49. The van der Waals surface area contributed by atoms with Crippen molar-refractivity contribution in [2.45, 2.75) is 6.42 Å². The van der Waals surface area contributed by atoms with Crippen molar-refractivity contribution in [3.05, 3.63) is 47.5 Å². The number of methoxy groups -OCH3 is 1. The minimum Gasteiger partial charge on any atom is -0.494 e. The van der Waals surface area contributed by atoms with E-state index < -0.39 is 0 Å². The number of rotatable bonds is 5. The molecule has 6 heteroatoms. The van der Waals surface area contributed by atoms with E-state index in [-0.39, 0.29) is 11.6 Å². The predicted molar refractivity (Wildman–Crippen MR) is 101 cm³/mol. The maximum atomic E-state index is 14.4. The standard InChI is InChI=1S/C20H21FN4O/c1-25(2)7-6-23-20-15-8-12-11-22-5-4-13(12)19(15)14-9-16(21)18(26-3)10-17(14)24-20/h4-5,9-11H,6-8H2,1-3H3,(H,23,24). The van der Waals surface area contributed by atoms with Gasteiger partial charge in [-0.1, -0.05) is 0 Å². The lowest BCUT2D eigenvalue weighted by molar-refractivity contribution is 0.387. The number of hydrogen-bond acceptors (Lipinski definition) is 5. The predicted octanol–water partition coefficient (Wildman–Crippen LogP) is 3.32. The smallest absolute Gasteiger partial charge is 0.165 e. The zero-order chi connectivity index (χ0) is 18.3. The van der Waals surface area contributed by atoms with E-state index in [0.29, 0.717) is 0 Å². The number of aromatic nitrogens is 2. The van der Waals surface area contributed by atoms with Crippen molar-refractivity contribution in [2.75, 3.05) is 39.6 Å². The van der Waals surface area contributed by atoms with Crippen LogP contribution < -0.4 is 10.1 Å². The summed E-state index contributed by atoms with van der Waals surface area (Å²) in [5.74, 6) is 0.677. The van der Waals surface area contributed by atoms with Gasteiger partial charge in [-0.25, -0.2) is 9.37 Å². The van der Waals surface area contributed by atoms with Gasteiger partial charge >= 0.3 is 0 Å². The number of fused-ring (bicyclic) bond motifs is 5. The highest BCUT2D eigenvalue weighted by Crippen LogP contribution is 2.44. The second-order valence-corrected chi connectivity index (χ2v) is 6.76. The Morgan fingerprint density at radius 3 is 2.92 bits per heavy atom. The first kappa shape index (κ1) is 16.7. The van der Waals surface area contributed by atoms with Crippen LogP contribution in [-0.4, -0.2) is 49.2 Å². The molecule has 0 saturated carbocycles. The molecule has 0 bridgehead atoms. The lowest BCUT2D eigenvalue weighted by atomic mass is 10.0. The van der Waals surface area contributed by atoms with Gasteiger partial charge in [-0.3, -0.25) is 4.98 Å². The Labute approximate surface area is 151 Å². The van der Waals surface area contributed by atoms with Crippen LogP contribution in [0.5, 0.6) is 5.75 Å². The van der Waals surface area contributed by atoms with Crippen molar-refractivity contribution in [1.29, 1.82) is 0 Å². The number of hydrogen-bond donors (Lipinski definition) is 1. The van der Waals surface area contributed by atoms with Crippen LogP contribution in [0.2, 0.25) is 0 Å². The molecule has 26 heavy (non-hydrogen) atoms. The summed E-state index contributed by atoms with van der Waals surface area (Å²) in [7, 11) is 5.54. The molecule has 1 aromatic carbocycles. The van der Waals surface area contributed by atoms with Crippen molar-refractivity contribution in [2.24, 2.45) is 0 Å². The van der Waals surface area contributed by atoms with Gasteiger partial charge in [0.05, 0.1) is 12.6 Å². The van der Waals surface area contributed by atoms with Crippen molar-refractivity contribution >= 4 is 16.7 Å². The lowest BCUT2D eigenvalue weighted by Crippen LogP contribution is -2.21. The van der Waals surface area contributed by atoms with Crippen LogP contribution in [0.1, 0.15) is 11.1 Å². The number of benzene rings is 1. The second-order valence-electron chi connectivity index (χ2n) is 6.76. The number of halogens is 1. The monoisotopic (exact) mass is 352 g/mol. The molecule has 1 aliphatic rings. The molecule has 0 atom stereocenters. The largest absolute Gasteiger partial charge is 0.494 e. The molecule has 3 aromatic rings. The molecule has 0 aliphatic heterocycles. The number of nitrogens with one attached hydrogen (secondary N) is 1. The maximum Gasteiger partial charge on any atom is 0.165 e. The average molecular weight is 352 g/mol. The quantitative estimate of drug-likeness (QED) is 0.597. The first-order valence-electron chi connectivity index (χ1n) is 8.60. The maximum absolute atomic E-state index is 14.4. The van der Waals surface area contributed by atoms with E-state index in [1.165, 1.54) is 13.2 Å². The van der Waals surface area contributed by atoms with Crippen LogP contribution in [0.15, 0.2) is 30.6 Å². The first-order valence-corrected chi connectivity index (χ1v) is 8.60. The topological polar surface area (TPSA) is 50.3 Å². The Morgan fingerprint density at radius 2 is 2.15 bits per heavy atom. The van der Waals surface area contributed by atoms with Gasteiger partial charge in [-0.05, 0) is 42.9 Å². The number of nitrogens with zero attached hydrogens (tertiary/aromatic N) is 3. The van der Waals surface area contributed by atoms with Gasteiger partial charge in [0, 0.05) is 48.9 Å². The Kier molecular flexibility index (Phi) is 4.20. The Hall–Kier alpha value is -2.73. The number of pyridine rings is 2. The van der Waals surface area contributed by atoms with E-state index >= 15 is 0 Å². The zero-order valence-electron chi connectivity index (χ0n) is 15.1. The third-order valence-corrected chi connectivity index (χ3v) is 4.75. The Balaban J connectivity index is 1.91. The molecule has 2 aromatic heterocycles. The molecular weight excluding hydrogens is 331 g/mol. The number of likely N-dealkylation sites (N-methyl/N-ethyl adjacent to an activating group) is 1. The summed E-state index contributed by atoms with van der Waals surface area (Å²) >= 11 is 0. The van der Waals surface area contributed by atoms with Gasteiger partial charge in [-0.15, -0.1) is 0 Å². The van der Waals surface area contributed by atoms with Crippen molar-refractivity contribution < 1.29 is 9.13 Å². The van der Waals surface area contributed by atoms with Crippen LogP contribution >= 0.6 is 0 Å². The molecule has 5 nitrogen and oxygen atoms in total. The number of anilines is 1. The summed E-state index contributed by atoms with van der Waals surface area (Å²) in [5.41, 5.74) is 5.11. The molecule has 134 valence electrons. The molecular formula is C20H21FN4O. The van der Waals surface area contributed by atoms with Crippen molar-refractivity contribution in [1.82, 2.24) is 14.9 Å². The van der Waals surface area contributed by atoms with Gasteiger partial charge in [0.15, 0.2) is 11.6 Å². The molecule has 1 N–H and O–H groups in total. The van der Waals surface area contributed by atoms with E-state index in [0.717, 1.165) is 58.5 Å². The molecule has 0 unspecified atom stereocenters. The summed E-state index contributed by atoms with van der Waals surface area (Å²) in [5, 5.41) is 4.25. The van der Waals surface area contributed by atoms with Gasteiger partial charge in [-0.2, -0.15) is 0 Å². The zero-order valence-corrected chi connectivity index (χ0v) is 15.1. The third kappa shape index (κ3) is 2.76. The van der Waals surface area contributed by atoms with Crippen molar-refractivity contribution in [3.63, 3.8) is 0 Å². The Morgan fingerprint density at radius 1 is 1.31 bits per heavy atom. The molecule has 4 rings (SSSR count). The first-order chi connectivity index (χ1) is 12.6. The molecule has 0 radical (unpaired) electrons.